The van der Waals surface area contributed by atoms with Crippen LogP contribution in [0.5, 0.6) is 0 Å². The zero-order valence-electron chi connectivity index (χ0n) is 12.6. The number of nitrogens with zero attached hydrogens (tertiary/aromatic N) is 1. The lowest BCUT2D eigenvalue weighted by molar-refractivity contribution is -0.256. The smallest absolute Gasteiger partial charge is 0.337 e. The summed E-state index contributed by atoms with van der Waals surface area (Å²) in [5.74, 6) is -2.23. The molecule has 1 aromatic heterocycles. The van der Waals surface area contributed by atoms with E-state index in [0.717, 1.165) is 0 Å². The number of H-pyrrole nitrogens is 2. The average Bonchev–Trinajstić information content (AvgIpc) is 2.52. The maximum absolute atomic E-state index is 12.0. The molecule has 0 fully saturated rings. The molecule has 0 aromatic carbocycles. The van der Waals surface area contributed by atoms with Crippen LogP contribution in [-0.2, 0) is 24.8 Å². The van der Waals surface area contributed by atoms with Gasteiger partial charge in [0.1, 0.15) is 0 Å². The second-order valence-corrected chi connectivity index (χ2v) is 4.34. The van der Waals surface area contributed by atoms with Crippen LogP contribution in [0.2, 0.25) is 0 Å². The summed E-state index contributed by atoms with van der Waals surface area (Å²) < 4.78 is 9.73. The number of aromatic nitrogens is 3. The van der Waals surface area contributed by atoms with Crippen molar-refractivity contribution >= 4 is 11.9 Å². The summed E-state index contributed by atoms with van der Waals surface area (Å²) in [5.41, 5.74) is -6.15. The molecule has 2 unspecified atom stereocenters. The van der Waals surface area contributed by atoms with Gasteiger partial charge < -0.3 is 14.6 Å². The van der Waals surface area contributed by atoms with Crippen LogP contribution in [0.25, 0.3) is 0 Å². The second kappa shape index (κ2) is 7.37. The van der Waals surface area contributed by atoms with Crippen molar-refractivity contribution in [2.75, 3.05) is 0 Å². The number of carbonyl (C=O) groups is 2. The lowest BCUT2D eigenvalue weighted by Gasteiger charge is -2.35. The minimum Gasteiger partial charge on any atom is -0.428 e. The third-order valence-electron chi connectivity index (χ3n) is 2.96. The molecule has 11 heteroatoms. The van der Waals surface area contributed by atoms with E-state index in [2.05, 4.69) is 17.9 Å². The van der Waals surface area contributed by atoms with Gasteiger partial charge in [-0.3, -0.25) is 9.97 Å². The van der Waals surface area contributed by atoms with E-state index in [1.807, 2.05) is 0 Å². The Morgan fingerprint density at radius 2 is 1.71 bits per heavy atom. The highest BCUT2D eigenvalue weighted by Gasteiger charge is 2.47. The van der Waals surface area contributed by atoms with Crippen molar-refractivity contribution in [2.24, 2.45) is 0 Å². The van der Waals surface area contributed by atoms with Gasteiger partial charge in [0.05, 0.1) is 0 Å². The molecule has 0 radical (unpaired) electrons. The first kappa shape index (κ1) is 18.8. The summed E-state index contributed by atoms with van der Waals surface area (Å²) in [6.45, 7) is 7.61. The van der Waals surface area contributed by atoms with Gasteiger partial charge in [0.15, 0.2) is 0 Å². The van der Waals surface area contributed by atoms with Crippen LogP contribution in [0.15, 0.2) is 39.7 Å². The van der Waals surface area contributed by atoms with E-state index in [1.165, 1.54) is 6.92 Å². The molecule has 0 aliphatic rings. The molecule has 11 nitrogen and oxygen atoms in total. The number of esters is 2. The number of hydrogen-bond donors (Lipinski definition) is 3. The fourth-order valence-corrected chi connectivity index (χ4v) is 1.85. The molecule has 1 heterocycles. The van der Waals surface area contributed by atoms with E-state index in [9.17, 15) is 29.1 Å². The molecule has 130 valence electrons. The second-order valence-electron chi connectivity index (χ2n) is 4.34. The quantitative estimate of drug-likeness (QED) is 0.293. The number of nitrogens with one attached hydrogen (secondary N) is 2. The molecular weight excluding hydrogens is 326 g/mol. The Morgan fingerprint density at radius 1 is 1.21 bits per heavy atom. The Bertz CT molecular complexity index is 798. The van der Waals surface area contributed by atoms with Gasteiger partial charge in [0.25, 0.3) is 12.0 Å². The molecule has 2 atom stereocenters. The summed E-state index contributed by atoms with van der Waals surface area (Å²) in [5, 5.41) is 10.2. The van der Waals surface area contributed by atoms with Gasteiger partial charge in [-0.15, -0.1) is 0 Å². The topological polar surface area (TPSA) is 161 Å². The van der Waals surface area contributed by atoms with Crippen LogP contribution in [0.3, 0.4) is 0 Å². The van der Waals surface area contributed by atoms with E-state index in [1.54, 1.807) is 9.97 Å². The maximum atomic E-state index is 12.0. The van der Waals surface area contributed by atoms with Gasteiger partial charge in [0.2, 0.25) is 0 Å². The average molecular weight is 341 g/mol. The van der Waals surface area contributed by atoms with Gasteiger partial charge in [-0.25, -0.2) is 24.0 Å². The highest BCUT2D eigenvalue weighted by atomic mass is 16.7. The Labute approximate surface area is 133 Å². The Kier molecular flexibility index (Phi) is 5.79. The van der Waals surface area contributed by atoms with Gasteiger partial charge >= 0.3 is 29.0 Å². The van der Waals surface area contributed by atoms with Crippen LogP contribution < -0.4 is 17.1 Å². The molecule has 0 spiro atoms. The van der Waals surface area contributed by atoms with E-state index in [-0.39, 0.29) is 11.0 Å². The van der Waals surface area contributed by atoms with Crippen LogP contribution >= 0.6 is 0 Å². The molecule has 0 saturated carbocycles. The van der Waals surface area contributed by atoms with Gasteiger partial charge in [0, 0.05) is 18.6 Å². The molecule has 0 saturated heterocycles. The molecule has 0 bridgehead atoms. The molecule has 0 aliphatic heterocycles. The van der Waals surface area contributed by atoms with Gasteiger partial charge in [-0.05, 0) is 0 Å². The minimum absolute atomic E-state index is 0.219. The van der Waals surface area contributed by atoms with Crippen molar-refractivity contribution in [3.05, 3.63) is 56.8 Å². The van der Waals surface area contributed by atoms with Crippen LogP contribution in [0, 0.1) is 0 Å². The van der Waals surface area contributed by atoms with Crippen molar-refractivity contribution in [2.45, 2.75) is 25.4 Å². The fraction of sp³-hybridized carbons (Fsp3) is 0.308. The van der Waals surface area contributed by atoms with E-state index in [4.69, 9.17) is 4.74 Å². The number of rotatable bonds is 7. The molecule has 24 heavy (non-hydrogen) atoms. The first-order valence-corrected chi connectivity index (χ1v) is 6.54. The van der Waals surface area contributed by atoms with Crippen molar-refractivity contribution < 1.29 is 24.2 Å². The monoisotopic (exact) mass is 341 g/mol. The predicted octanol–water partition coefficient (Wildman–Crippen LogP) is -1.94. The van der Waals surface area contributed by atoms with Gasteiger partial charge in [-0.1, -0.05) is 20.1 Å². The molecule has 1 aromatic rings. The van der Waals surface area contributed by atoms with Crippen molar-refractivity contribution in [3.8, 4) is 0 Å². The molecule has 0 amide bonds. The SMILES string of the molecule is C=CC(=O)OC(O)C(CC)(OC(=O)C=C)n1c(=O)[nH]c(=O)[nH]c1=O. The summed E-state index contributed by atoms with van der Waals surface area (Å²) in [7, 11) is 0. The Morgan fingerprint density at radius 3 is 2.12 bits per heavy atom. The number of aliphatic hydroxyl groups excluding tert-OH is 1. The molecule has 3 N–H and O–H groups in total. The zero-order chi connectivity index (χ0) is 18.5. The van der Waals surface area contributed by atoms with E-state index in [0.29, 0.717) is 12.2 Å². The highest BCUT2D eigenvalue weighted by Crippen LogP contribution is 2.26. The molecule has 1 rings (SSSR count). The third-order valence-corrected chi connectivity index (χ3v) is 2.96. The lowest BCUT2D eigenvalue weighted by atomic mass is 10.1. The summed E-state index contributed by atoms with van der Waals surface area (Å²) in [4.78, 5) is 61.5. The van der Waals surface area contributed by atoms with Crippen molar-refractivity contribution in [1.82, 2.24) is 14.5 Å². The first-order valence-electron chi connectivity index (χ1n) is 6.54. The minimum atomic E-state index is -2.45. The highest BCUT2D eigenvalue weighted by molar-refractivity contribution is 5.82. The first-order chi connectivity index (χ1) is 11.2. The lowest BCUT2D eigenvalue weighted by Crippen LogP contribution is -2.60. The summed E-state index contributed by atoms with van der Waals surface area (Å²) in [6, 6.07) is 0. The normalized spacial score (nSPS) is 14.1. The van der Waals surface area contributed by atoms with E-state index < -0.39 is 41.0 Å². The van der Waals surface area contributed by atoms with E-state index >= 15 is 0 Å². The standard InChI is InChI=1S/C13H15N3O8/c1-4-7(17)23-9(19)13(6-3,24-8(18)5-2)16-11(21)14-10(20)15-12(16)22/h4-5,9,19H,1-2,6H2,3H3,(H2,14,15,20,21,22). The Hall–Kier alpha value is -3.21. The van der Waals surface area contributed by atoms with Crippen LogP contribution in [-0.4, -0.2) is 37.9 Å². The van der Waals surface area contributed by atoms with Crippen LogP contribution in [0.4, 0.5) is 0 Å². The van der Waals surface area contributed by atoms with Crippen molar-refractivity contribution in [1.29, 1.82) is 0 Å². The number of aromatic amines is 2. The number of aliphatic hydroxyl groups is 1. The number of hydrogen-bond acceptors (Lipinski definition) is 8. The number of ether oxygens (including phenoxy) is 2. The number of carbonyl (C=O) groups excluding carboxylic acids is 2. The molecule has 0 aliphatic carbocycles. The van der Waals surface area contributed by atoms with Crippen molar-refractivity contribution in [3.63, 3.8) is 0 Å². The van der Waals surface area contributed by atoms with Crippen LogP contribution in [0.1, 0.15) is 13.3 Å². The molecular formula is C13H15N3O8. The summed E-state index contributed by atoms with van der Waals surface area (Å²) >= 11 is 0. The summed E-state index contributed by atoms with van der Waals surface area (Å²) in [6.07, 6.45) is -1.23. The maximum Gasteiger partial charge on any atom is 0.337 e. The zero-order valence-corrected chi connectivity index (χ0v) is 12.6. The van der Waals surface area contributed by atoms with Gasteiger partial charge in [-0.2, -0.15) is 4.57 Å². The Balaban J connectivity index is 3.67. The predicted molar refractivity (Wildman–Crippen MR) is 78.8 cm³/mol. The third kappa shape index (κ3) is 3.57. The fourth-order valence-electron chi connectivity index (χ4n) is 1.85. The largest absolute Gasteiger partial charge is 0.428 e.